The summed E-state index contributed by atoms with van der Waals surface area (Å²) in [5.74, 6) is 0.0135. The van der Waals surface area contributed by atoms with Crippen molar-refractivity contribution in [2.75, 3.05) is 30.9 Å². The molecule has 0 aliphatic carbocycles. The molecule has 1 rings (SSSR count). The lowest BCUT2D eigenvalue weighted by Crippen LogP contribution is -2.33. The molecule has 1 unspecified atom stereocenters. The SMILES string of the molecule is CN(C)c1ccc(NC(=O)CCCCNS(=O)C(C)(C)C)cc1. The third kappa shape index (κ3) is 7.61. The molecular formula is C17H29N3O2S. The molecule has 0 aromatic heterocycles. The zero-order chi connectivity index (χ0) is 17.5. The Kier molecular flexibility index (Phi) is 7.72. The maximum absolute atomic E-state index is 11.9. The van der Waals surface area contributed by atoms with E-state index in [2.05, 4.69) is 10.0 Å². The van der Waals surface area contributed by atoms with Crippen LogP contribution in [0.5, 0.6) is 0 Å². The van der Waals surface area contributed by atoms with Crippen molar-refractivity contribution < 1.29 is 9.00 Å². The number of carbonyl (C=O) groups excluding carboxylic acids is 1. The quantitative estimate of drug-likeness (QED) is 0.716. The topological polar surface area (TPSA) is 61.4 Å². The van der Waals surface area contributed by atoms with E-state index < -0.39 is 11.0 Å². The highest BCUT2D eigenvalue weighted by Crippen LogP contribution is 2.16. The van der Waals surface area contributed by atoms with Gasteiger partial charge in [-0.3, -0.25) is 4.79 Å². The highest BCUT2D eigenvalue weighted by atomic mass is 32.2. The van der Waals surface area contributed by atoms with Crippen LogP contribution in [0.3, 0.4) is 0 Å². The van der Waals surface area contributed by atoms with Gasteiger partial charge in [0.25, 0.3) is 0 Å². The lowest BCUT2D eigenvalue weighted by molar-refractivity contribution is -0.116. The van der Waals surface area contributed by atoms with E-state index in [9.17, 15) is 9.00 Å². The van der Waals surface area contributed by atoms with Gasteiger partial charge in [-0.1, -0.05) is 0 Å². The van der Waals surface area contributed by atoms with Gasteiger partial charge in [-0.25, -0.2) is 8.93 Å². The van der Waals surface area contributed by atoms with E-state index in [4.69, 9.17) is 0 Å². The van der Waals surface area contributed by atoms with E-state index in [0.717, 1.165) is 24.2 Å². The number of unbranched alkanes of at least 4 members (excludes halogenated alkanes) is 1. The molecule has 0 saturated heterocycles. The van der Waals surface area contributed by atoms with E-state index in [1.165, 1.54) is 0 Å². The minimum atomic E-state index is -1.04. The van der Waals surface area contributed by atoms with Crippen LogP contribution in [0.2, 0.25) is 0 Å². The molecule has 0 aliphatic rings. The molecule has 1 aromatic rings. The van der Waals surface area contributed by atoms with Gasteiger partial charge in [0.05, 0.1) is 15.7 Å². The number of rotatable bonds is 8. The number of nitrogens with one attached hydrogen (secondary N) is 2. The van der Waals surface area contributed by atoms with Crippen molar-refractivity contribution in [3.63, 3.8) is 0 Å². The van der Waals surface area contributed by atoms with Crippen LogP contribution in [0.15, 0.2) is 24.3 Å². The van der Waals surface area contributed by atoms with Gasteiger partial charge in [-0.05, 0) is 57.9 Å². The fourth-order valence-electron chi connectivity index (χ4n) is 1.86. The zero-order valence-electron chi connectivity index (χ0n) is 14.8. The third-order valence-corrected chi connectivity index (χ3v) is 4.87. The molecule has 0 fully saturated rings. The second kappa shape index (κ2) is 9.03. The number of carbonyl (C=O) groups is 1. The molecule has 1 atom stereocenters. The molecule has 0 bridgehead atoms. The maximum Gasteiger partial charge on any atom is 0.224 e. The molecule has 0 spiro atoms. The average molecular weight is 340 g/mol. The summed E-state index contributed by atoms with van der Waals surface area (Å²) < 4.78 is 14.5. The van der Waals surface area contributed by atoms with E-state index in [1.54, 1.807) is 0 Å². The number of nitrogens with zero attached hydrogens (tertiary/aromatic N) is 1. The summed E-state index contributed by atoms with van der Waals surface area (Å²) >= 11 is 0. The first-order valence-corrected chi connectivity index (χ1v) is 9.08. The van der Waals surface area contributed by atoms with Crippen LogP contribution < -0.4 is 14.9 Å². The molecule has 1 aromatic carbocycles. The summed E-state index contributed by atoms with van der Waals surface area (Å²) in [5.41, 5.74) is 1.91. The smallest absolute Gasteiger partial charge is 0.224 e. The van der Waals surface area contributed by atoms with Gasteiger partial charge in [0.2, 0.25) is 5.91 Å². The standard InChI is InChI=1S/C17H29N3O2S/c1-17(2,3)23(22)18-13-7-6-8-16(21)19-14-9-11-15(12-10-14)20(4)5/h9-12,18H,6-8,13H2,1-5H3,(H,19,21). The molecular weight excluding hydrogens is 310 g/mol. The van der Waals surface area contributed by atoms with Crippen LogP contribution >= 0.6 is 0 Å². The molecule has 1 amide bonds. The Bertz CT molecular complexity index is 522. The molecule has 23 heavy (non-hydrogen) atoms. The number of hydrogen-bond donors (Lipinski definition) is 2. The minimum Gasteiger partial charge on any atom is -0.378 e. The van der Waals surface area contributed by atoms with Gasteiger partial charge in [-0.15, -0.1) is 0 Å². The Labute approximate surface area is 142 Å². The summed E-state index contributed by atoms with van der Waals surface area (Å²) in [4.78, 5) is 13.9. The average Bonchev–Trinajstić information content (AvgIpc) is 2.46. The largest absolute Gasteiger partial charge is 0.378 e. The second-order valence-corrected chi connectivity index (χ2v) is 8.77. The molecule has 0 heterocycles. The second-order valence-electron chi connectivity index (χ2n) is 6.72. The van der Waals surface area contributed by atoms with Crippen molar-refractivity contribution in [3.05, 3.63) is 24.3 Å². The molecule has 2 N–H and O–H groups in total. The van der Waals surface area contributed by atoms with Gasteiger partial charge >= 0.3 is 0 Å². The molecule has 0 saturated carbocycles. The van der Waals surface area contributed by atoms with E-state index in [-0.39, 0.29) is 10.7 Å². The van der Waals surface area contributed by atoms with Crippen molar-refractivity contribution in [3.8, 4) is 0 Å². The molecule has 6 heteroatoms. The number of anilines is 2. The molecule has 130 valence electrons. The predicted octanol–water partition coefficient (Wildman–Crippen LogP) is 2.91. The van der Waals surface area contributed by atoms with Crippen molar-refractivity contribution in [1.29, 1.82) is 0 Å². The van der Waals surface area contributed by atoms with Gasteiger partial charge in [0.15, 0.2) is 0 Å². The van der Waals surface area contributed by atoms with Crippen LogP contribution in [-0.2, 0) is 15.8 Å². The minimum absolute atomic E-state index is 0.0135. The van der Waals surface area contributed by atoms with Crippen LogP contribution in [0.4, 0.5) is 11.4 Å². The summed E-state index contributed by atoms with van der Waals surface area (Å²) in [6.45, 7) is 6.47. The van der Waals surface area contributed by atoms with Crippen LogP contribution in [0.25, 0.3) is 0 Å². The van der Waals surface area contributed by atoms with Gasteiger partial charge < -0.3 is 10.2 Å². The van der Waals surface area contributed by atoms with Gasteiger partial charge in [0.1, 0.15) is 0 Å². The molecule has 0 radical (unpaired) electrons. The fraction of sp³-hybridized carbons (Fsp3) is 0.588. The summed E-state index contributed by atoms with van der Waals surface area (Å²) in [7, 11) is 2.92. The highest BCUT2D eigenvalue weighted by molar-refractivity contribution is 7.84. The van der Waals surface area contributed by atoms with Crippen LogP contribution in [-0.4, -0.2) is 35.5 Å². The lowest BCUT2D eigenvalue weighted by atomic mass is 10.2. The van der Waals surface area contributed by atoms with Crippen LogP contribution in [0, 0.1) is 0 Å². The maximum atomic E-state index is 11.9. The van der Waals surface area contributed by atoms with Crippen LogP contribution in [0.1, 0.15) is 40.0 Å². The van der Waals surface area contributed by atoms with Crippen molar-refractivity contribution in [2.24, 2.45) is 0 Å². The van der Waals surface area contributed by atoms with Crippen molar-refractivity contribution in [1.82, 2.24) is 4.72 Å². The lowest BCUT2D eigenvalue weighted by Gasteiger charge is -2.17. The Morgan fingerprint density at radius 2 is 1.74 bits per heavy atom. The van der Waals surface area contributed by atoms with Crippen molar-refractivity contribution >= 4 is 28.3 Å². The first kappa shape index (κ1) is 19.6. The third-order valence-electron chi connectivity index (χ3n) is 3.29. The van der Waals surface area contributed by atoms with E-state index in [1.807, 2.05) is 64.0 Å². The van der Waals surface area contributed by atoms with Crippen molar-refractivity contribution in [2.45, 2.75) is 44.8 Å². The Balaban J connectivity index is 2.23. The Hall–Kier alpha value is -1.40. The number of hydrogen-bond acceptors (Lipinski definition) is 3. The van der Waals surface area contributed by atoms with Gasteiger partial charge in [-0.2, -0.15) is 0 Å². The first-order chi connectivity index (χ1) is 10.7. The number of benzene rings is 1. The normalized spacial score (nSPS) is 12.7. The first-order valence-electron chi connectivity index (χ1n) is 7.93. The fourth-order valence-corrected chi connectivity index (χ4v) is 2.62. The monoisotopic (exact) mass is 339 g/mol. The summed E-state index contributed by atoms with van der Waals surface area (Å²) in [6.07, 6.45) is 2.07. The molecule has 5 nitrogen and oxygen atoms in total. The Morgan fingerprint density at radius 1 is 1.13 bits per heavy atom. The number of amides is 1. The highest BCUT2D eigenvalue weighted by Gasteiger charge is 2.18. The van der Waals surface area contributed by atoms with Gasteiger partial charge in [0, 0.05) is 38.4 Å². The summed E-state index contributed by atoms with van der Waals surface area (Å²) in [6, 6.07) is 7.76. The Morgan fingerprint density at radius 3 is 2.26 bits per heavy atom. The molecule has 0 aliphatic heterocycles. The summed E-state index contributed by atoms with van der Waals surface area (Å²) in [5, 5.41) is 2.89. The van der Waals surface area contributed by atoms with E-state index in [0.29, 0.717) is 13.0 Å². The van der Waals surface area contributed by atoms with E-state index >= 15 is 0 Å². The zero-order valence-corrected chi connectivity index (χ0v) is 15.6. The predicted molar refractivity (Wildman–Crippen MR) is 99.1 cm³/mol.